The number of anilines is 1. The second kappa shape index (κ2) is 8.29. The molecule has 2 nitrogen and oxygen atoms in total. The van der Waals surface area contributed by atoms with E-state index in [4.69, 9.17) is 12.2 Å². The van der Waals surface area contributed by atoms with Gasteiger partial charge in [-0.1, -0.05) is 63.2 Å². The number of hydrogen-bond acceptors (Lipinski definition) is 1. The first-order chi connectivity index (χ1) is 11.4. The third-order valence-electron chi connectivity index (χ3n) is 4.37. The van der Waals surface area contributed by atoms with E-state index in [-0.39, 0.29) is 11.5 Å². The highest BCUT2D eigenvalue weighted by Gasteiger charge is 2.23. The lowest BCUT2D eigenvalue weighted by Crippen LogP contribution is -2.39. The fourth-order valence-corrected chi connectivity index (χ4v) is 3.36. The van der Waals surface area contributed by atoms with E-state index in [9.17, 15) is 0 Å². The smallest absolute Gasteiger partial charge is 0.170 e. The number of hydrogen-bond donors (Lipinski definition) is 2. The minimum Gasteiger partial charge on any atom is -0.360 e. The average molecular weight is 341 g/mol. The van der Waals surface area contributed by atoms with Crippen LogP contribution in [0.1, 0.15) is 45.2 Å². The summed E-state index contributed by atoms with van der Waals surface area (Å²) in [6.45, 7) is 8.89. The van der Waals surface area contributed by atoms with Gasteiger partial charge in [-0.05, 0) is 60.7 Å². The predicted octanol–water partition coefficient (Wildman–Crippen LogP) is 5.29. The first kappa shape index (κ1) is 18.5. The van der Waals surface area contributed by atoms with Crippen molar-refractivity contribution in [1.82, 2.24) is 5.32 Å². The summed E-state index contributed by atoms with van der Waals surface area (Å²) in [7, 11) is 0. The van der Waals surface area contributed by atoms with Crippen molar-refractivity contribution in [3.05, 3.63) is 65.7 Å². The van der Waals surface area contributed by atoms with Crippen molar-refractivity contribution in [2.45, 2.75) is 52.0 Å². The van der Waals surface area contributed by atoms with Crippen molar-refractivity contribution in [3.8, 4) is 0 Å². The molecule has 0 aliphatic heterocycles. The molecule has 0 fully saturated rings. The molecule has 24 heavy (non-hydrogen) atoms. The van der Waals surface area contributed by atoms with Crippen LogP contribution in [0.3, 0.4) is 0 Å². The summed E-state index contributed by atoms with van der Waals surface area (Å²) in [5.41, 5.74) is 3.82. The predicted molar refractivity (Wildman–Crippen MR) is 109 cm³/mol. The van der Waals surface area contributed by atoms with Crippen LogP contribution in [-0.4, -0.2) is 11.2 Å². The number of nitrogens with one attached hydrogen (secondary N) is 2. The zero-order chi connectivity index (χ0) is 17.6. The number of aryl methyl sites for hydroxylation is 1. The molecule has 0 bridgehead atoms. The molecule has 0 radical (unpaired) electrons. The molecule has 3 heteroatoms. The zero-order valence-corrected chi connectivity index (χ0v) is 15.9. The van der Waals surface area contributed by atoms with Gasteiger partial charge in [-0.15, -0.1) is 0 Å². The summed E-state index contributed by atoms with van der Waals surface area (Å²) in [6, 6.07) is 19.3. The fourth-order valence-electron chi connectivity index (χ4n) is 3.04. The van der Waals surface area contributed by atoms with E-state index in [1.807, 2.05) is 0 Å². The Kier molecular flexibility index (Phi) is 6.38. The zero-order valence-electron chi connectivity index (χ0n) is 15.1. The highest BCUT2D eigenvalue weighted by atomic mass is 32.1. The van der Waals surface area contributed by atoms with Gasteiger partial charge in [0.25, 0.3) is 0 Å². The van der Waals surface area contributed by atoms with Crippen molar-refractivity contribution in [2.75, 3.05) is 5.32 Å². The van der Waals surface area contributed by atoms with Crippen molar-refractivity contribution in [1.29, 1.82) is 0 Å². The highest BCUT2D eigenvalue weighted by Crippen LogP contribution is 2.28. The minimum absolute atomic E-state index is 0.103. The Balaban J connectivity index is 1.89. The Morgan fingerprint density at radius 1 is 1.04 bits per heavy atom. The Morgan fingerprint density at radius 3 is 2.25 bits per heavy atom. The van der Waals surface area contributed by atoms with Gasteiger partial charge < -0.3 is 10.6 Å². The molecular formula is C21H28N2S. The molecule has 1 atom stereocenters. The first-order valence-electron chi connectivity index (χ1n) is 8.62. The van der Waals surface area contributed by atoms with Gasteiger partial charge in [0.15, 0.2) is 5.11 Å². The Hall–Kier alpha value is -1.87. The topological polar surface area (TPSA) is 24.1 Å². The van der Waals surface area contributed by atoms with Gasteiger partial charge in [0, 0.05) is 11.7 Å². The lowest BCUT2D eigenvalue weighted by Gasteiger charge is -2.29. The van der Waals surface area contributed by atoms with Gasteiger partial charge in [-0.2, -0.15) is 0 Å². The van der Waals surface area contributed by atoms with E-state index in [2.05, 4.69) is 92.9 Å². The number of rotatable bonds is 6. The van der Waals surface area contributed by atoms with E-state index in [0.29, 0.717) is 5.11 Å². The third kappa shape index (κ3) is 5.34. The summed E-state index contributed by atoms with van der Waals surface area (Å²) in [4.78, 5) is 0. The minimum atomic E-state index is 0.103. The maximum Gasteiger partial charge on any atom is 0.170 e. The largest absolute Gasteiger partial charge is 0.360 e. The van der Waals surface area contributed by atoms with Crippen molar-refractivity contribution in [3.63, 3.8) is 0 Å². The standard InChI is InChI=1S/C21H28N2S/c1-5-17-11-13-19(14-12-17)23-20(24)22-16(2)15-21(3,4)18-9-7-6-8-10-18/h6-14,16H,5,15H2,1-4H3,(H2,22,23,24)/t16-/m1/s1. The van der Waals surface area contributed by atoms with Crippen LogP contribution in [-0.2, 0) is 11.8 Å². The van der Waals surface area contributed by atoms with Gasteiger partial charge in [0.2, 0.25) is 0 Å². The van der Waals surface area contributed by atoms with E-state index < -0.39 is 0 Å². The molecule has 0 saturated heterocycles. The van der Waals surface area contributed by atoms with Crippen molar-refractivity contribution >= 4 is 23.0 Å². The molecule has 0 spiro atoms. The van der Waals surface area contributed by atoms with E-state index in [1.54, 1.807) is 0 Å². The fraction of sp³-hybridized carbons (Fsp3) is 0.381. The monoisotopic (exact) mass is 340 g/mol. The molecule has 2 rings (SSSR count). The van der Waals surface area contributed by atoms with E-state index in [0.717, 1.165) is 18.5 Å². The molecule has 2 N–H and O–H groups in total. The van der Waals surface area contributed by atoms with Gasteiger partial charge in [0.05, 0.1) is 0 Å². The van der Waals surface area contributed by atoms with E-state index in [1.165, 1.54) is 11.1 Å². The van der Waals surface area contributed by atoms with E-state index >= 15 is 0 Å². The van der Waals surface area contributed by atoms with Crippen LogP contribution < -0.4 is 10.6 Å². The van der Waals surface area contributed by atoms with Crippen LogP contribution in [0.15, 0.2) is 54.6 Å². The summed E-state index contributed by atoms with van der Waals surface area (Å²) < 4.78 is 0. The second-order valence-electron chi connectivity index (χ2n) is 7.00. The molecule has 0 saturated carbocycles. The van der Waals surface area contributed by atoms with Crippen molar-refractivity contribution in [2.24, 2.45) is 0 Å². The van der Waals surface area contributed by atoms with Gasteiger partial charge in [0.1, 0.15) is 0 Å². The molecule has 128 valence electrons. The summed E-state index contributed by atoms with van der Waals surface area (Å²) >= 11 is 5.46. The van der Waals surface area contributed by atoms with Crippen LogP contribution in [0.2, 0.25) is 0 Å². The van der Waals surface area contributed by atoms with Gasteiger partial charge >= 0.3 is 0 Å². The second-order valence-corrected chi connectivity index (χ2v) is 7.41. The summed E-state index contributed by atoms with van der Waals surface area (Å²) in [5.74, 6) is 0. The van der Waals surface area contributed by atoms with Crippen LogP contribution in [0, 0.1) is 0 Å². The molecule has 2 aromatic rings. The molecule has 0 aliphatic carbocycles. The third-order valence-corrected chi connectivity index (χ3v) is 4.59. The maximum atomic E-state index is 5.46. The highest BCUT2D eigenvalue weighted by molar-refractivity contribution is 7.80. The quantitative estimate of drug-likeness (QED) is 0.699. The molecular weight excluding hydrogens is 312 g/mol. The molecule has 0 aliphatic rings. The average Bonchev–Trinajstić information content (AvgIpc) is 2.55. The Morgan fingerprint density at radius 2 is 1.67 bits per heavy atom. The molecule has 0 unspecified atom stereocenters. The normalized spacial score (nSPS) is 12.5. The molecule has 0 aromatic heterocycles. The number of benzene rings is 2. The van der Waals surface area contributed by atoms with Crippen LogP contribution >= 0.6 is 12.2 Å². The summed E-state index contributed by atoms with van der Waals surface area (Å²) in [6.07, 6.45) is 2.06. The molecule has 2 aromatic carbocycles. The van der Waals surface area contributed by atoms with Crippen molar-refractivity contribution < 1.29 is 0 Å². The molecule has 0 heterocycles. The first-order valence-corrected chi connectivity index (χ1v) is 9.03. The SMILES string of the molecule is CCc1ccc(NC(=S)N[C@H](C)CC(C)(C)c2ccccc2)cc1. The van der Waals surface area contributed by atoms with Crippen LogP contribution in [0.5, 0.6) is 0 Å². The summed E-state index contributed by atoms with van der Waals surface area (Å²) in [5, 5.41) is 7.35. The van der Waals surface area contributed by atoms with Gasteiger partial charge in [-0.25, -0.2) is 0 Å². The van der Waals surface area contributed by atoms with Crippen LogP contribution in [0.4, 0.5) is 5.69 Å². The Bertz CT molecular complexity index is 647. The van der Waals surface area contributed by atoms with Gasteiger partial charge in [-0.3, -0.25) is 0 Å². The lowest BCUT2D eigenvalue weighted by atomic mass is 9.79. The number of thiocarbonyl (C=S) groups is 1. The maximum absolute atomic E-state index is 5.46. The van der Waals surface area contributed by atoms with Crippen LogP contribution in [0.25, 0.3) is 0 Å². The lowest BCUT2D eigenvalue weighted by molar-refractivity contribution is 0.420. The Labute approximate surface area is 151 Å². The molecule has 0 amide bonds.